The molecular formula is C12H16N4O3. The maximum absolute atomic E-state index is 11.5. The molecular weight excluding hydrogens is 248 g/mol. The van der Waals surface area contributed by atoms with Crippen molar-refractivity contribution in [3.63, 3.8) is 0 Å². The van der Waals surface area contributed by atoms with Gasteiger partial charge >= 0.3 is 0 Å². The highest BCUT2D eigenvalue weighted by molar-refractivity contribution is 5.95. The second kappa shape index (κ2) is 5.23. The van der Waals surface area contributed by atoms with Gasteiger partial charge in [0.15, 0.2) is 0 Å². The maximum Gasteiger partial charge on any atom is 0.293 e. The SMILES string of the molecule is CNC(=O)c1ccc(NC2CC(N)C2)c([N+](=O)[O-])c1. The number of carbonyl (C=O) groups excluding carboxylic acids is 1. The van der Waals surface area contributed by atoms with Crippen LogP contribution in [0.3, 0.4) is 0 Å². The average Bonchev–Trinajstić information content (AvgIpc) is 2.36. The van der Waals surface area contributed by atoms with Gasteiger partial charge in [0.25, 0.3) is 11.6 Å². The number of nitrogens with one attached hydrogen (secondary N) is 2. The summed E-state index contributed by atoms with van der Waals surface area (Å²) in [5.74, 6) is -0.347. The van der Waals surface area contributed by atoms with Crippen molar-refractivity contribution >= 4 is 17.3 Å². The Bertz CT molecular complexity index is 512. The number of nitro groups is 1. The van der Waals surface area contributed by atoms with E-state index in [1.807, 2.05) is 0 Å². The van der Waals surface area contributed by atoms with Crippen molar-refractivity contribution in [2.75, 3.05) is 12.4 Å². The van der Waals surface area contributed by atoms with Gasteiger partial charge in [-0.3, -0.25) is 14.9 Å². The van der Waals surface area contributed by atoms with Crippen molar-refractivity contribution in [1.82, 2.24) is 5.32 Å². The van der Waals surface area contributed by atoms with E-state index in [2.05, 4.69) is 10.6 Å². The molecule has 19 heavy (non-hydrogen) atoms. The lowest BCUT2D eigenvalue weighted by molar-refractivity contribution is -0.384. The molecule has 7 nitrogen and oxygen atoms in total. The summed E-state index contributed by atoms with van der Waals surface area (Å²) in [7, 11) is 1.48. The van der Waals surface area contributed by atoms with Crippen LogP contribution in [0.25, 0.3) is 0 Å². The van der Waals surface area contributed by atoms with E-state index in [1.165, 1.54) is 13.1 Å². The molecule has 0 saturated heterocycles. The number of hydrogen-bond acceptors (Lipinski definition) is 5. The molecule has 1 aliphatic rings. The number of nitrogens with two attached hydrogens (primary N) is 1. The van der Waals surface area contributed by atoms with E-state index >= 15 is 0 Å². The van der Waals surface area contributed by atoms with Crippen molar-refractivity contribution in [1.29, 1.82) is 0 Å². The largest absolute Gasteiger partial charge is 0.377 e. The summed E-state index contributed by atoms with van der Waals surface area (Å²) in [6.07, 6.45) is 1.60. The summed E-state index contributed by atoms with van der Waals surface area (Å²) in [6, 6.07) is 4.74. The minimum Gasteiger partial charge on any atom is -0.377 e. The van der Waals surface area contributed by atoms with Gasteiger partial charge in [0.2, 0.25) is 0 Å². The second-order valence-corrected chi connectivity index (χ2v) is 4.64. The summed E-state index contributed by atoms with van der Waals surface area (Å²) >= 11 is 0. The molecule has 4 N–H and O–H groups in total. The van der Waals surface area contributed by atoms with Crippen LogP contribution in [0.1, 0.15) is 23.2 Å². The molecule has 0 aliphatic heterocycles. The number of rotatable bonds is 4. The first-order valence-electron chi connectivity index (χ1n) is 6.04. The molecule has 0 atom stereocenters. The number of carbonyl (C=O) groups is 1. The molecule has 0 spiro atoms. The molecule has 0 radical (unpaired) electrons. The zero-order chi connectivity index (χ0) is 14.0. The van der Waals surface area contributed by atoms with Crippen LogP contribution in [-0.4, -0.2) is 30.0 Å². The lowest BCUT2D eigenvalue weighted by atomic mass is 9.87. The minimum atomic E-state index is -0.493. The topological polar surface area (TPSA) is 110 Å². The fourth-order valence-electron chi connectivity index (χ4n) is 2.09. The Kier molecular flexibility index (Phi) is 3.66. The Morgan fingerprint density at radius 2 is 2.16 bits per heavy atom. The molecule has 0 aromatic heterocycles. The standard InChI is InChI=1S/C12H16N4O3/c1-14-12(17)7-2-3-10(11(4-7)16(18)19)15-9-5-8(13)6-9/h2-4,8-9,15H,5-6,13H2,1H3,(H,14,17). The first-order chi connectivity index (χ1) is 9.01. The van der Waals surface area contributed by atoms with Crippen LogP contribution in [0, 0.1) is 10.1 Å². The Balaban J connectivity index is 2.22. The van der Waals surface area contributed by atoms with Crippen molar-refractivity contribution < 1.29 is 9.72 Å². The van der Waals surface area contributed by atoms with E-state index in [4.69, 9.17) is 5.73 Å². The summed E-state index contributed by atoms with van der Waals surface area (Å²) in [6.45, 7) is 0. The van der Waals surface area contributed by atoms with Gasteiger partial charge in [0, 0.05) is 30.8 Å². The number of anilines is 1. The average molecular weight is 264 g/mol. The van der Waals surface area contributed by atoms with Gasteiger partial charge in [-0.05, 0) is 25.0 Å². The Morgan fingerprint density at radius 1 is 1.47 bits per heavy atom. The fraction of sp³-hybridized carbons (Fsp3) is 0.417. The lowest BCUT2D eigenvalue weighted by Gasteiger charge is -2.33. The van der Waals surface area contributed by atoms with Crippen molar-refractivity contribution in [2.45, 2.75) is 24.9 Å². The number of nitro benzene ring substituents is 1. The smallest absolute Gasteiger partial charge is 0.293 e. The van der Waals surface area contributed by atoms with Gasteiger partial charge in [0.1, 0.15) is 5.69 Å². The van der Waals surface area contributed by atoms with E-state index in [9.17, 15) is 14.9 Å². The van der Waals surface area contributed by atoms with Crippen molar-refractivity contribution in [2.24, 2.45) is 5.73 Å². The fourth-order valence-corrected chi connectivity index (χ4v) is 2.09. The maximum atomic E-state index is 11.5. The predicted molar refractivity (Wildman–Crippen MR) is 71.1 cm³/mol. The number of hydrogen-bond donors (Lipinski definition) is 3. The highest BCUT2D eigenvalue weighted by atomic mass is 16.6. The third-order valence-electron chi connectivity index (χ3n) is 3.22. The van der Waals surface area contributed by atoms with Gasteiger partial charge in [-0.2, -0.15) is 0 Å². The van der Waals surface area contributed by atoms with Crippen LogP contribution in [0.4, 0.5) is 11.4 Å². The summed E-state index contributed by atoms with van der Waals surface area (Å²) in [5.41, 5.74) is 6.27. The zero-order valence-electron chi connectivity index (χ0n) is 10.6. The molecule has 1 aromatic carbocycles. The van der Waals surface area contributed by atoms with Gasteiger partial charge in [-0.25, -0.2) is 0 Å². The van der Waals surface area contributed by atoms with Crippen molar-refractivity contribution in [3.05, 3.63) is 33.9 Å². The van der Waals surface area contributed by atoms with Crippen LogP contribution in [-0.2, 0) is 0 Å². The molecule has 0 unspecified atom stereocenters. The molecule has 1 fully saturated rings. The van der Waals surface area contributed by atoms with Crippen molar-refractivity contribution in [3.8, 4) is 0 Å². The molecule has 1 amide bonds. The molecule has 0 heterocycles. The molecule has 102 valence electrons. The first kappa shape index (κ1) is 13.3. The Hall–Kier alpha value is -2.15. The summed E-state index contributed by atoms with van der Waals surface area (Å²) in [5, 5.41) is 16.6. The third kappa shape index (κ3) is 2.82. The minimum absolute atomic E-state index is 0.0958. The first-order valence-corrected chi connectivity index (χ1v) is 6.04. The normalized spacial score (nSPS) is 21.4. The van der Waals surface area contributed by atoms with Gasteiger partial charge in [0.05, 0.1) is 4.92 Å². The van der Waals surface area contributed by atoms with E-state index < -0.39 is 4.92 Å². The highest BCUT2D eigenvalue weighted by Crippen LogP contribution is 2.30. The van der Waals surface area contributed by atoms with Crippen LogP contribution in [0.5, 0.6) is 0 Å². The molecule has 1 saturated carbocycles. The van der Waals surface area contributed by atoms with E-state index in [0.717, 1.165) is 12.8 Å². The molecule has 1 aromatic rings. The predicted octanol–water partition coefficient (Wildman–Crippen LogP) is 0.856. The summed E-state index contributed by atoms with van der Waals surface area (Å²) < 4.78 is 0. The Labute approximate surface area is 110 Å². The number of nitrogens with zero attached hydrogens (tertiary/aromatic N) is 1. The second-order valence-electron chi connectivity index (χ2n) is 4.64. The number of benzene rings is 1. The van der Waals surface area contributed by atoms with E-state index in [1.54, 1.807) is 12.1 Å². The zero-order valence-corrected chi connectivity index (χ0v) is 10.6. The third-order valence-corrected chi connectivity index (χ3v) is 3.22. The molecule has 2 rings (SSSR count). The van der Waals surface area contributed by atoms with Crippen LogP contribution < -0.4 is 16.4 Å². The molecule has 1 aliphatic carbocycles. The van der Waals surface area contributed by atoms with Gasteiger partial charge in [-0.15, -0.1) is 0 Å². The number of amides is 1. The molecule has 7 heteroatoms. The van der Waals surface area contributed by atoms with Gasteiger partial charge < -0.3 is 16.4 Å². The van der Waals surface area contributed by atoms with Crippen LogP contribution in [0.2, 0.25) is 0 Å². The van der Waals surface area contributed by atoms with Crippen LogP contribution >= 0.6 is 0 Å². The van der Waals surface area contributed by atoms with Crippen LogP contribution in [0.15, 0.2) is 18.2 Å². The monoisotopic (exact) mass is 264 g/mol. The lowest BCUT2D eigenvalue weighted by Crippen LogP contribution is -2.44. The van der Waals surface area contributed by atoms with E-state index in [-0.39, 0.29) is 29.2 Å². The summed E-state index contributed by atoms with van der Waals surface area (Å²) in [4.78, 5) is 22.0. The molecule has 0 bridgehead atoms. The van der Waals surface area contributed by atoms with Gasteiger partial charge in [-0.1, -0.05) is 0 Å². The van der Waals surface area contributed by atoms with E-state index in [0.29, 0.717) is 5.69 Å². The quantitative estimate of drug-likeness (QED) is 0.551. The Morgan fingerprint density at radius 3 is 2.68 bits per heavy atom. The highest BCUT2D eigenvalue weighted by Gasteiger charge is 2.28.